The van der Waals surface area contributed by atoms with Gasteiger partial charge in [-0.05, 0) is 48.6 Å². The van der Waals surface area contributed by atoms with Crippen LogP contribution in [-0.2, 0) is 6.54 Å². The third-order valence-electron chi connectivity index (χ3n) is 3.45. The SMILES string of the molecule is Cc1ccc2ccn(Cc3c[nH]c(=S)[nH]3)c2c1C. The van der Waals surface area contributed by atoms with Crippen LogP contribution in [0.15, 0.2) is 30.6 Å². The maximum atomic E-state index is 5.05. The van der Waals surface area contributed by atoms with Crippen molar-refractivity contribution in [1.29, 1.82) is 0 Å². The van der Waals surface area contributed by atoms with Crippen molar-refractivity contribution >= 4 is 23.1 Å². The Kier molecular flexibility index (Phi) is 2.59. The molecule has 2 N–H and O–H groups in total. The zero-order valence-electron chi connectivity index (χ0n) is 10.4. The molecule has 0 saturated carbocycles. The first kappa shape index (κ1) is 11.3. The predicted octanol–water partition coefficient (Wildman–Crippen LogP) is 3.69. The Labute approximate surface area is 110 Å². The normalized spacial score (nSPS) is 11.2. The second kappa shape index (κ2) is 4.14. The predicted molar refractivity (Wildman–Crippen MR) is 76.5 cm³/mol. The molecule has 0 unspecified atom stereocenters. The number of nitrogens with one attached hydrogen (secondary N) is 2. The van der Waals surface area contributed by atoms with Crippen LogP contribution < -0.4 is 0 Å². The number of aromatic nitrogens is 3. The van der Waals surface area contributed by atoms with Gasteiger partial charge in [0, 0.05) is 12.4 Å². The number of imidazole rings is 1. The Bertz CT molecular complexity index is 761. The van der Waals surface area contributed by atoms with Gasteiger partial charge in [0.25, 0.3) is 0 Å². The summed E-state index contributed by atoms with van der Waals surface area (Å²) in [6, 6.07) is 6.50. The summed E-state index contributed by atoms with van der Waals surface area (Å²) in [7, 11) is 0. The summed E-state index contributed by atoms with van der Waals surface area (Å²) in [6.45, 7) is 5.13. The molecule has 0 aliphatic rings. The number of hydrogen-bond acceptors (Lipinski definition) is 1. The van der Waals surface area contributed by atoms with Crippen molar-refractivity contribution in [3.63, 3.8) is 0 Å². The van der Waals surface area contributed by atoms with Gasteiger partial charge in [-0.25, -0.2) is 0 Å². The second-order valence-corrected chi connectivity index (χ2v) is 5.07. The van der Waals surface area contributed by atoms with Crippen molar-refractivity contribution in [2.24, 2.45) is 0 Å². The largest absolute Gasteiger partial charge is 0.341 e. The average Bonchev–Trinajstić information content (AvgIpc) is 2.92. The summed E-state index contributed by atoms with van der Waals surface area (Å²) in [5.41, 5.74) is 5.06. The Morgan fingerprint density at radius 3 is 2.78 bits per heavy atom. The van der Waals surface area contributed by atoms with Crippen LogP contribution in [0.4, 0.5) is 0 Å². The van der Waals surface area contributed by atoms with Crippen LogP contribution in [0.25, 0.3) is 10.9 Å². The first-order valence-electron chi connectivity index (χ1n) is 5.97. The Balaban J connectivity index is 2.12. The van der Waals surface area contributed by atoms with Crippen LogP contribution in [0, 0.1) is 18.6 Å². The number of aryl methyl sites for hydroxylation is 2. The standard InChI is InChI=1S/C14H15N3S/c1-9-3-4-11-5-6-17(13(11)10(9)2)8-12-7-15-14(18)16-12/h3-7H,8H2,1-2H3,(H2,15,16,18). The third-order valence-corrected chi connectivity index (χ3v) is 3.67. The Morgan fingerprint density at radius 1 is 1.22 bits per heavy atom. The fraction of sp³-hybridized carbons (Fsp3) is 0.214. The molecular formula is C14H15N3S. The lowest BCUT2D eigenvalue weighted by atomic mass is 10.1. The molecule has 0 amide bonds. The molecule has 0 atom stereocenters. The second-order valence-electron chi connectivity index (χ2n) is 4.66. The van der Waals surface area contributed by atoms with Gasteiger partial charge in [-0.2, -0.15) is 0 Å². The van der Waals surface area contributed by atoms with E-state index in [1.165, 1.54) is 22.0 Å². The third kappa shape index (κ3) is 1.78. The van der Waals surface area contributed by atoms with Crippen LogP contribution in [0.2, 0.25) is 0 Å². The highest BCUT2D eigenvalue weighted by molar-refractivity contribution is 7.71. The van der Waals surface area contributed by atoms with E-state index in [-0.39, 0.29) is 0 Å². The molecule has 1 aromatic carbocycles. The molecule has 18 heavy (non-hydrogen) atoms. The Morgan fingerprint density at radius 2 is 2.06 bits per heavy atom. The molecule has 0 bridgehead atoms. The highest BCUT2D eigenvalue weighted by Crippen LogP contribution is 2.23. The molecule has 3 rings (SSSR count). The van der Waals surface area contributed by atoms with E-state index in [1.807, 2.05) is 6.20 Å². The molecule has 0 fully saturated rings. The van der Waals surface area contributed by atoms with Gasteiger partial charge in [-0.15, -0.1) is 0 Å². The molecule has 2 aromatic heterocycles. The van der Waals surface area contributed by atoms with Gasteiger partial charge in [0.2, 0.25) is 0 Å². The minimum atomic E-state index is 0.675. The fourth-order valence-electron chi connectivity index (χ4n) is 2.35. The molecule has 2 heterocycles. The fourth-order valence-corrected chi connectivity index (χ4v) is 2.54. The highest BCUT2D eigenvalue weighted by Gasteiger charge is 2.07. The highest BCUT2D eigenvalue weighted by atomic mass is 32.1. The van der Waals surface area contributed by atoms with Crippen LogP contribution in [0.5, 0.6) is 0 Å². The molecule has 0 aliphatic carbocycles. The van der Waals surface area contributed by atoms with Crippen LogP contribution in [0.3, 0.4) is 0 Å². The molecule has 0 aliphatic heterocycles. The molecule has 3 nitrogen and oxygen atoms in total. The Hall–Kier alpha value is -1.81. The maximum Gasteiger partial charge on any atom is 0.174 e. The number of nitrogens with zero attached hydrogens (tertiary/aromatic N) is 1. The van der Waals surface area contributed by atoms with Crippen molar-refractivity contribution in [3.8, 4) is 0 Å². The van der Waals surface area contributed by atoms with Crippen LogP contribution >= 0.6 is 12.2 Å². The van der Waals surface area contributed by atoms with E-state index in [9.17, 15) is 0 Å². The summed E-state index contributed by atoms with van der Waals surface area (Å²) >= 11 is 5.05. The van der Waals surface area contributed by atoms with Gasteiger partial charge >= 0.3 is 0 Å². The molecule has 4 heteroatoms. The van der Waals surface area contributed by atoms with Crippen LogP contribution in [0.1, 0.15) is 16.8 Å². The smallest absolute Gasteiger partial charge is 0.174 e. The first-order chi connectivity index (χ1) is 8.65. The van der Waals surface area contributed by atoms with Gasteiger partial charge in [0.15, 0.2) is 4.77 Å². The quantitative estimate of drug-likeness (QED) is 0.675. The van der Waals surface area contributed by atoms with E-state index >= 15 is 0 Å². The number of aromatic amines is 2. The molecule has 3 aromatic rings. The van der Waals surface area contributed by atoms with Crippen molar-refractivity contribution in [1.82, 2.24) is 14.5 Å². The van der Waals surface area contributed by atoms with Gasteiger partial charge in [-0.3, -0.25) is 0 Å². The van der Waals surface area contributed by atoms with E-state index in [4.69, 9.17) is 12.2 Å². The lowest BCUT2D eigenvalue weighted by Crippen LogP contribution is -2.00. The number of benzene rings is 1. The summed E-state index contributed by atoms with van der Waals surface area (Å²) < 4.78 is 2.93. The zero-order valence-corrected chi connectivity index (χ0v) is 11.3. The van der Waals surface area contributed by atoms with Crippen molar-refractivity contribution in [3.05, 3.63) is 52.2 Å². The van der Waals surface area contributed by atoms with Gasteiger partial charge < -0.3 is 14.5 Å². The minimum Gasteiger partial charge on any atom is -0.341 e. The molecule has 0 radical (unpaired) electrons. The average molecular weight is 257 g/mol. The molecular weight excluding hydrogens is 242 g/mol. The molecule has 92 valence electrons. The summed E-state index contributed by atoms with van der Waals surface area (Å²) in [4.78, 5) is 6.15. The van der Waals surface area contributed by atoms with Crippen molar-refractivity contribution < 1.29 is 0 Å². The maximum absolute atomic E-state index is 5.05. The van der Waals surface area contributed by atoms with Crippen molar-refractivity contribution in [2.45, 2.75) is 20.4 Å². The summed E-state index contributed by atoms with van der Waals surface area (Å²) in [6.07, 6.45) is 4.06. The van der Waals surface area contributed by atoms with E-state index in [1.54, 1.807) is 0 Å². The van der Waals surface area contributed by atoms with Gasteiger partial charge in [0.1, 0.15) is 0 Å². The minimum absolute atomic E-state index is 0.675. The summed E-state index contributed by atoms with van der Waals surface area (Å²) in [5.74, 6) is 0. The number of hydrogen-bond donors (Lipinski definition) is 2. The van der Waals surface area contributed by atoms with E-state index in [2.05, 4.69) is 52.8 Å². The zero-order chi connectivity index (χ0) is 12.7. The lowest BCUT2D eigenvalue weighted by molar-refractivity contribution is 0.810. The summed E-state index contributed by atoms with van der Waals surface area (Å²) in [5, 5.41) is 1.28. The van der Waals surface area contributed by atoms with E-state index in [0.29, 0.717) is 4.77 Å². The van der Waals surface area contributed by atoms with Gasteiger partial charge in [0.05, 0.1) is 17.8 Å². The number of fused-ring (bicyclic) bond motifs is 1. The first-order valence-corrected chi connectivity index (χ1v) is 6.37. The van der Waals surface area contributed by atoms with Gasteiger partial charge in [-0.1, -0.05) is 12.1 Å². The van der Waals surface area contributed by atoms with E-state index < -0.39 is 0 Å². The number of H-pyrrole nitrogens is 2. The van der Waals surface area contributed by atoms with Crippen molar-refractivity contribution in [2.75, 3.05) is 0 Å². The lowest BCUT2D eigenvalue weighted by Gasteiger charge is -2.08. The molecule has 0 spiro atoms. The topological polar surface area (TPSA) is 36.5 Å². The molecule has 0 saturated heterocycles. The van der Waals surface area contributed by atoms with Crippen LogP contribution in [-0.4, -0.2) is 14.5 Å². The monoisotopic (exact) mass is 257 g/mol. The number of rotatable bonds is 2. The van der Waals surface area contributed by atoms with E-state index in [0.717, 1.165) is 12.2 Å².